The average molecular weight is 686 g/mol. The summed E-state index contributed by atoms with van der Waals surface area (Å²) in [6.07, 6.45) is 0. The Balaban J connectivity index is 0.000000230. The summed E-state index contributed by atoms with van der Waals surface area (Å²) in [6.45, 7) is 5.22. The predicted molar refractivity (Wildman–Crippen MR) is 192 cm³/mol. The van der Waals surface area contributed by atoms with E-state index >= 15 is 0 Å². The molecule has 0 atom stereocenters. The molecule has 1 aliphatic heterocycles. The van der Waals surface area contributed by atoms with Crippen molar-refractivity contribution in [3.63, 3.8) is 0 Å². The molecular weight excluding hydrogens is 648 g/mol. The maximum atomic E-state index is 12.8. The molecule has 0 unspecified atom stereocenters. The van der Waals surface area contributed by atoms with E-state index < -0.39 is 0 Å². The van der Waals surface area contributed by atoms with Gasteiger partial charge >= 0.3 is 0 Å². The van der Waals surface area contributed by atoms with Gasteiger partial charge in [-0.25, -0.2) is 0 Å². The van der Waals surface area contributed by atoms with Crippen molar-refractivity contribution in [2.45, 2.75) is 25.3 Å². The van der Waals surface area contributed by atoms with Gasteiger partial charge < -0.3 is 9.42 Å². The molecule has 1 saturated heterocycles. The SMILES string of the molecule is BrCc1ccc(-c2ccccc2)cc1.Cc1nc(-c2ccc(CN3CCN(Cc4ccc(-c5ccccc5)cc4)CC3=O)cc2)no1. The molecule has 5 aromatic carbocycles. The third kappa shape index (κ3) is 8.70. The Labute approximate surface area is 284 Å². The number of nitrogens with zero attached hydrogens (tertiary/aromatic N) is 4. The minimum Gasteiger partial charge on any atom is -0.339 e. The van der Waals surface area contributed by atoms with Crippen LogP contribution in [0.15, 0.2) is 138 Å². The van der Waals surface area contributed by atoms with Gasteiger partial charge in [-0.1, -0.05) is 155 Å². The summed E-state index contributed by atoms with van der Waals surface area (Å²) in [5, 5.41) is 4.87. The van der Waals surface area contributed by atoms with Crippen LogP contribution in [0.3, 0.4) is 0 Å². The zero-order chi connectivity index (χ0) is 32.4. The first-order chi connectivity index (χ1) is 23.0. The van der Waals surface area contributed by atoms with Crippen LogP contribution in [0.5, 0.6) is 0 Å². The zero-order valence-electron chi connectivity index (χ0n) is 26.4. The normalized spacial score (nSPS) is 13.2. The van der Waals surface area contributed by atoms with Gasteiger partial charge in [0.2, 0.25) is 17.6 Å². The summed E-state index contributed by atoms with van der Waals surface area (Å²) >= 11 is 3.44. The van der Waals surface area contributed by atoms with Crippen molar-refractivity contribution in [2.75, 3.05) is 19.6 Å². The minimum absolute atomic E-state index is 0.167. The van der Waals surface area contributed by atoms with E-state index in [1.807, 2.05) is 41.3 Å². The quantitative estimate of drug-likeness (QED) is 0.150. The number of aromatic nitrogens is 2. The van der Waals surface area contributed by atoms with E-state index in [0.29, 0.717) is 24.8 Å². The molecular formula is C40H37BrN4O2. The van der Waals surface area contributed by atoms with Crippen LogP contribution in [-0.2, 0) is 23.2 Å². The van der Waals surface area contributed by atoms with Gasteiger partial charge in [0.25, 0.3) is 0 Å². The van der Waals surface area contributed by atoms with Gasteiger partial charge in [-0.2, -0.15) is 4.98 Å². The lowest BCUT2D eigenvalue weighted by Gasteiger charge is -2.34. The smallest absolute Gasteiger partial charge is 0.237 e. The fraction of sp³-hybridized carbons (Fsp3) is 0.175. The standard InChI is InChI=1S/C27H26N4O2.C13H11Br/c1-20-28-27(29-33-20)25-13-9-22(10-14-25)18-31-16-15-30(19-26(31)32)17-21-7-11-24(12-8-21)23-5-3-2-4-6-23;14-10-11-6-8-13(9-7-11)12-4-2-1-3-5-12/h2-14H,15-19H2,1H3;1-9H,10H2. The molecule has 7 rings (SSSR count). The summed E-state index contributed by atoms with van der Waals surface area (Å²) in [5.41, 5.74) is 9.51. The van der Waals surface area contributed by atoms with Crippen LogP contribution in [0, 0.1) is 6.92 Å². The summed E-state index contributed by atoms with van der Waals surface area (Å²) in [7, 11) is 0. The van der Waals surface area contributed by atoms with Crippen molar-refractivity contribution in [3.8, 4) is 33.6 Å². The van der Waals surface area contributed by atoms with Crippen LogP contribution in [0.1, 0.15) is 22.6 Å². The van der Waals surface area contributed by atoms with Crippen molar-refractivity contribution in [2.24, 2.45) is 0 Å². The van der Waals surface area contributed by atoms with Crippen LogP contribution < -0.4 is 0 Å². The first-order valence-corrected chi connectivity index (χ1v) is 16.9. The van der Waals surface area contributed by atoms with Crippen molar-refractivity contribution >= 4 is 21.8 Å². The van der Waals surface area contributed by atoms with Gasteiger partial charge in [-0.15, -0.1) is 0 Å². The maximum absolute atomic E-state index is 12.8. The molecule has 1 fully saturated rings. The molecule has 0 radical (unpaired) electrons. The van der Waals surface area contributed by atoms with Gasteiger partial charge in [-0.05, 0) is 38.9 Å². The van der Waals surface area contributed by atoms with Crippen molar-refractivity contribution < 1.29 is 9.32 Å². The summed E-state index contributed by atoms with van der Waals surface area (Å²) in [4.78, 5) is 21.2. The lowest BCUT2D eigenvalue weighted by Crippen LogP contribution is -2.49. The number of benzene rings is 5. The molecule has 6 nitrogen and oxygen atoms in total. The highest BCUT2D eigenvalue weighted by atomic mass is 79.9. The molecule has 236 valence electrons. The Kier molecular flexibility index (Phi) is 10.7. The van der Waals surface area contributed by atoms with Crippen molar-refractivity contribution in [1.29, 1.82) is 0 Å². The highest BCUT2D eigenvalue weighted by molar-refractivity contribution is 9.08. The molecule has 47 heavy (non-hydrogen) atoms. The molecule has 1 amide bonds. The molecule has 6 aromatic rings. The Hall–Kier alpha value is -4.85. The van der Waals surface area contributed by atoms with E-state index in [1.54, 1.807) is 6.92 Å². The number of hydrogen-bond donors (Lipinski definition) is 0. The van der Waals surface area contributed by atoms with Crippen LogP contribution in [0.2, 0.25) is 0 Å². The molecule has 0 aliphatic carbocycles. The molecule has 1 aliphatic rings. The first-order valence-electron chi connectivity index (χ1n) is 15.8. The van der Waals surface area contributed by atoms with E-state index in [0.717, 1.165) is 36.1 Å². The highest BCUT2D eigenvalue weighted by Gasteiger charge is 2.24. The predicted octanol–water partition coefficient (Wildman–Crippen LogP) is 8.80. The minimum atomic E-state index is 0.167. The summed E-state index contributed by atoms with van der Waals surface area (Å²) in [5.74, 6) is 1.30. The number of halogens is 1. The number of alkyl halides is 1. The second-order valence-corrected chi connectivity index (χ2v) is 12.2. The Morgan fingerprint density at radius 2 is 1.11 bits per heavy atom. The van der Waals surface area contributed by atoms with E-state index in [9.17, 15) is 4.79 Å². The molecule has 0 N–H and O–H groups in total. The third-order valence-corrected chi connectivity index (χ3v) is 8.84. The second kappa shape index (κ2) is 15.6. The maximum Gasteiger partial charge on any atom is 0.237 e. The van der Waals surface area contributed by atoms with Gasteiger partial charge in [0.15, 0.2) is 0 Å². The number of aryl methyl sites for hydroxylation is 1. The van der Waals surface area contributed by atoms with E-state index in [-0.39, 0.29) is 5.91 Å². The largest absolute Gasteiger partial charge is 0.339 e. The number of amides is 1. The topological polar surface area (TPSA) is 62.5 Å². The number of rotatable bonds is 8. The van der Waals surface area contributed by atoms with Gasteiger partial charge in [0.05, 0.1) is 6.54 Å². The van der Waals surface area contributed by atoms with Gasteiger partial charge in [0, 0.05) is 44.0 Å². The monoisotopic (exact) mass is 684 g/mol. The number of carbonyl (C=O) groups is 1. The van der Waals surface area contributed by atoms with Crippen LogP contribution in [0.4, 0.5) is 0 Å². The first kappa shape index (κ1) is 32.1. The lowest BCUT2D eigenvalue weighted by molar-refractivity contribution is -0.136. The molecule has 2 heterocycles. The van der Waals surface area contributed by atoms with Gasteiger partial charge in [-0.3, -0.25) is 9.69 Å². The average Bonchev–Trinajstić information content (AvgIpc) is 3.57. The summed E-state index contributed by atoms with van der Waals surface area (Å²) in [6, 6.07) is 46.0. The number of piperazine rings is 1. The number of carbonyl (C=O) groups excluding carboxylic acids is 1. The lowest BCUT2D eigenvalue weighted by atomic mass is 10.0. The molecule has 0 bridgehead atoms. The third-order valence-electron chi connectivity index (χ3n) is 8.19. The highest BCUT2D eigenvalue weighted by Crippen LogP contribution is 2.22. The van der Waals surface area contributed by atoms with Crippen LogP contribution in [-0.4, -0.2) is 45.5 Å². The fourth-order valence-electron chi connectivity index (χ4n) is 5.56. The Bertz CT molecular complexity index is 1860. The zero-order valence-corrected chi connectivity index (χ0v) is 28.0. The molecule has 0 spiro atoms. The van der Waals surface area contributed by atoms with Gasteiger partial charge in [0.1, 0.15) is 0 Å². The van der Waals surface area contributed by atoms with Crippen molar-refractivity contribution in [3.05, 3.63) is 156 Å². The number of hydrogen-bond acceptors (Lipinski definition) is 5. The summed E-state index contributed by atoms with van der Waals surface area (Å²) < 4.78 is 5.04. The van der Waals surface area contributed by atoms with E-state index in [4.69, 9.17) is 4.52 Å². The van der Waals surface area contributed by atoms with E-state index in [2.05, 4.69) is 128 Å². The second-order valence-electron chi connectivity index (χ2n) is 11.6. The fourth-order valence-corrected chi connectivity index (χ4v) is 5.94. The van der Waals surface area contributed by atoms with E-state index in [1.165, 1.54) is 33.4 Å². The Morgan fingerprint density at radius 1 is 0.617 bits per heavy atom. The van der Waals surface area contributed by atoms with Crippen LogP contribution in [0.25, 0.3) is 33.6 Å². The molecule has 1 aromatic heterocycles. The molecule has 0 saturated carbocycles. The Morgan fingerprint density at radius 3 is 1.60 bits per heavy atom. The van der Waals surface area contributed by atoms with Crippen LogP contribution >= 0.6 is 15.9 Å². The molecule has 7 heteroatoms. The van der Waals surface area contributed by atoms with Crippen molar-refractivity contribution in [1.82, 2.24) is 19.9 Å².